The second-order valence-corrected chi connectivity index (χ2v) is 11.0. The van der Waals surface area contributed by atoms with Gasteiger partial charge in [0.1, 0.15) is 11.9 Å². The third kappa shape index (κ3) is 2.81. The zero-order chi connectivity index (χ0) is 24.2. The van der Waals surface area contributed by atoms with E-state index >= 15 is 0 Å². The number of ether oxygens (including phenoxy) is 1. The molecule has 2 aliphatic heterocycles. The van der Waals surface area contributed by atoms with Crippen LogP contribution in [0.2, 0.25) is 0 Å². The van der Waals surface area contributed by atoms with E-state index in [-0.39, 0.29) is 17.3 Å². The lowest BCUT2D eigenvalue weighted by Gasteiger charge is -2.24. The molecule has 0 radical (unpaired) electrons. The molecule has 2 aromatic heterocycles. The number of halogens is 1. The molecule has 4 aromatic rings. The minimum absolute atomic E-state index is 0.106. The first kappa shape index (κ1) is 20.5. The van der Waals surface area contributed by atoms with E-state index in [1.165, 1.54) is 35.4 Å². The number of pyridine rings is 1. The second kappa shape index (κ2) is 6.96. The summed E-state index contributed by atoms with van der Waals surface area (Å²) in [4.78, 5) is 4.55. The van der Waals surface area contributed by atoms with Crippen molar-refractivity contribution in [2.45, 2.75) is 62.5 Å². The number of hydrogen-bond acceptors (Lipinski definition) is 4. The molecule has 6 heteroatoms. The van der Waals surface area contributed by atoms with E-state index in [1.54, 1.807) is 12.1 Å². The average Bonchev–Trinajstić information content (AvgIpc) is 3.80. The molecule has 2 fully saturated rings. The summed E-state index contributed by atoms with van der Waals surface area (Å²) in [7, 11) is 0. The summed E-state index contributed by atoms with van der Waals surface area (Å²) >= 11 is 0. The first-order valence-electron chi connectivity index (χ1n) is 13.0. The van der Waals surface area contributed by atoms with Crippen LogP contribution in [0.1, 0.15) is 79.5 Å². The number of fused-ring (bicyclic) bond motifs is 8. The van der Waals surface area contributed by atoms with E-state index in [1.807, 2.05) is 25.3 Å². The lowest BCUT2D eigenvalue weighted by molar-refractivity contribution is 0.228. The van der Waals surface area contributed by atoms with E-state index in [4.69, 9.17) is 15.6 Å². The number of aromatic nitrogens is 3. The van der Waals surface area contributed by atoms with Crippen molar-refractivity contribution in [2.24, 2.45) is 0 Å². The summed E-state index contributed by atoms with van der Waals surface area (Å²) in [5.41, 5.74) is 15.3. The summed E-state index contributed by atoms with van der Waals surface area (Å²) in [5.74, 6) is 1.30. The minimum Gasteiger partial charge on any atom is -0.482 e. The van der Waals surface area contributed by atoms with Gasteiger partial charge in [-0.3, -0.25) is 4.68 Å². The van der Waals surface area contributed by atoms with Crippen LogP contribution in [0.4, 0.5) is 10.2 Å². The van der Waals surface area contributed by atoms with Crippen molar-refractivity contribution in [1.82, 2.24) is 14.8 Å². The molecular weight excluding hydrogens is 451 g/mol. The highest BCUT2D eigenvalue weighted by Crippen LogP contribution is 2.62. The van der Waals surface area contributed by atoms with Gasteiger partial charge in [0.25, 0.3) is 0 Å². The lowest BCUT2D eigenvalue weighted by Crippen LogP contribution is -2.13. The highest BCUT2D eigenvalue weighted by Gasteiger charge is 2.56. The highest BCUT2D eigenvalue weighted by atomic mass is 19.1. The maximum atomic E-state index is 14.5. The van der Waals surface area contributed by atoms with Crippen LogP contribution in [-0.2, 0) is 5.54 Å². The molecule has 2 saturated carbocycles. The Morgan fingerprint density at radius 1 is 1.06 bits per heavy atom. The van der Waals surface area contributed by atoms with E-state index in [2.05, 4.69) is 33.9 Å². The Morgan fingerprint density at radius 3 is 2.67 bits per heavy atom. The average molecular weight is 479 g/mol. The molecule has 180 valence electrons. The number of rotatable bonds is 1. The van der Waals surface area contributed by atoms with E-state index in [0.29, 0.717) is 17.5 Å². The Labute approximate surface area is 209 Å². The summed E-state index contributed by atoms with van der Waals surface area (Å²) in [6.45, 7) is 1.95. The molecule has 5 nitrogen and oxygen atoms in total. The van der Waals surface area contributed by atoms with Crippen molar-refractivity contribution < 1.29 is 9.13 Å². The molecule has 4 heterocycles. The van der Waals surface area contributed by atoms with Crippen molar-refractivity contribution in [3.8, 4) is 28.0 Å². The van der Waals surface area contributed by atoms with Crippen LogP contribution in [0.3, 0.4) is 0 Å². The molecule has 2 bridgehead atoms. The summed E-state index contributed by atoms with van der Waals surface area (Å²) < 4.78 is 23.3. The summed E-state index contributed by atoms with van der Waals surface area (Å²) in [6, 6.07) is 15.7. The first-order valence-corrected chi connectivity index (χ1v) is 13.0. The van der Waals surface area contributed by atoms with Gasteiger partial charge < -0.3 is 10.5 Å². The summed E-state index contributed by atoms with van der Waals surface area (Å²) in [5, 5.41) is 5.31. The van der Waals surface area contributed by atoms with Gasteiger partial charge >= 0.3 is 0 Å². The molecule has 8 rings (SSSR count). The van der Waals surface area contributed by atoms with E-state index < -0.39 is 6.10 Å². The molecule has 0 amide bonds. The molecule has 2 N–H and O–H groups in total. The quantitative estimate of drug-likeness (QED) is 0.331. The van der Waals surface area contributed by atoms with Crippen LogP contribution in [0.25, 0.3) is 22.3 Å². The second-order valence-electron chi connectivity index (χ2n) is 11.0. The maximum absolute atomic E-state index is 14.5. The predicted molar refractivity (Wildman–Crippen MR) is 136 cm³/mol. The number of hydrogen-bond donors (Lipinski definition) is 1. The fourth-order valence-corrected chi connectivity index (χ4v) is 6.55. The van der Waals surface area contributed by atoms with Gasteiger partial charge in [-0.2, -0.15) is 5.10 Å². The molecular formula is C30H27FN4O. The van der Waals surface area contributed by atoms with Gasteiger partial charge in [0, 0.05) is 34.7 Å². The molecule has 1 spiro atoms. The maximum Gasteiger partial charge on any atom is 0.166 e. The third-order valence-corrected chi connectivity index (χ3v) is 8.66. The largest absolute Gasteiger partial charge is 0.482 e. The third-order valence-electron chi connectivity index (χ3n) is 8.66. The van der Waals surface area contributed by atoms with Crippen LogP contribution in [-0.4, -0.2) is 14.8 Å². The van der Waals surface area contributed by atoms with Gasteiger partial charge in [0.15, 0.2) is 11.6 Å². The van der Waals surface area contributed by atoms with Crippen molar-refractivity contribution in [2.75, 3.05) is 5.73 Å². The Kier molecular flexibility index (Phi) is 3.97. The van der Waals surface area contributed by atoms with E-state index in [0.717, 1.165) is 41.5 Å². The fourth-order valence-electron chi connectivity index (χ4n) is 6.55. The van der Waals surface area contributed by atoms with E-state index in [9.17, 15) is 4.39 Å². The molecule has 36 heavy (non-hydrogen) atoms. The lowest BCUT2D eigenvalue weighted by atomic mass is 9.82. The Morgan fingerprint density at radius 2 is 1.86 bits per heavy atom. The molecule has 4 aliphatic rings. The zero-order valence-corrected chi connectivity index (χ0v) is 20.2. The van der Waals surface area contributed by atoms with Crippen molar-refractivity contribution in [1.29, 1.82) is 0 Å². The van der Waals surface area contributed by atoms with Crippen molar-refractivity contribution >= 4 is 5.82 Å². The van der Waals surface area contributed by atoms with Crippen LogP contribution in [0.5, 0.6) is 5.75 Å². The number of anilines is 1. The Bertz CT molecular complexity index is 1570. The van der Waals surface area contributed by atoms with Gasteiger partial charge in [-0.25, -0.2) is 9.37 Å². The van der Waals surface area contributed by atoms with Crippen molar-refractivity contribution in [3.63, 3.8) is 0 Å². The Balaban J connectivity index is 1.48. The molecule has 2 aromatic carbocycles. The van der Waals surface area contributed by atoms with Gasteiger partial charge in [0.05, 0.1) is 16.9 Å². The van der Waals surface area contributed by atoms with Gasteiger partial charge in [-0.1, -0.05) is 30.3 Å². The number of nitrogen functional groups attached to an aromatic ring is 1. The number of nitrogens with two attached hydrogens (primary N) is 1. The monoisotopic (exact) mass is 478 g/mol. The van der Waals surface area contributed by atoms with Gasteiger partial charge in [-0.05, 0) is 73.9 Å². The fraction of sp³-hybridized carbons (Fsp3) is 0.333. The minimum atomic E-state index is -0.411. The number of nitrogens with zero attached hydrogens (tertiary/aromatic N) is 3. The molecule has 2 aliphatic carbocycles. The highest BCUT2D eigenvalue weighted by molar-refractivity contribution is 5.78. The van der Waals surface area contributed by atoms with Crippen LogP contribution in [0, 0.1) is 5.82 Å². The van der Waals surface area contributed by atoms with Gasteiger partial charge in [0.2, 0.25) is 0 Å². The van der Waals surface area contributed by atoms with Crippen LogP contribution >= 0.6 is 0 Å². The zero-order valence-electron chi connectivity index (χ0n) is 20.2. The smallest absolute Gasteiger partial charge is 0.166 e. The first-order chi connectivity index (χ1) is 17.5. The van der Waals surface area contributed by atoms with Crippen LogP contribution in [0.15, 0.2) is 54.7 Å². The molecule has 0 saturated heterocycles. The standard InChI is InChI=1S/C30H27FN4O/c1-16-23-13-19(31)8-9-22(23)20-4-2-3-5-21(20)24-14-30(10-11-30)35-28(24)26(27(34-35)17-6-7-17)18-12-25(36-16)29(32)33-15-18/h2-5,8-9,12-13,15-17,24H,6-7,10-11,14H2,1H3,(H2,32,33)/t16-,24?/m1/s1. The number of benzene rings is 2. The topological polar surface area (TPSA) is 66.0 Å². The Hall–Kier alpha value is -3.67. The van der Waals surface area contributed by atoms with Crippen molar-refractivity contribution in [3.05, 3.63) is 83.1 Å². The summed E-state index contributed by atoms with van der Waals surface area (Å²) in [6.07, 6.45) is 7.19. The van der Waals surface area contributed by atoms with Crippen LogP contribution < -0.4 is 10.5 Å². The van der Waals surface area contributed by atoms with Gasteiger partial charge in [-0.15, -0.1) is 0 Å². The predicted octanol–water partition coefficient (Wildman–Crippen LogP) is 6.69. The normalized spacial score (nSPS) is 22.6. The molecule has 1 unspecified atom stereocenters. The molecule has 2 atom stereocenters. The SMILES string of the molecule is C[C@H]1Oc2cc(cnc2N)-c2c(C3CC3)nn3c2C(CC32CC2)c2ccccc2-c2ccc(F)cc21.